The molecule has 0 spiro atoms. The summed E-state index contributed by atoms with van der Waals surface area (Å²) in [5, 5.41) is 0. The van der Waals surface area contributed by atoms with Crippen molar-refractivity contribution in [1.29, 1.82) is 0 Å². The minimum absolute atomic E-state index is 0.349. The summed E-state index contributed by atoms with van der Waals surface area (Å²) >= 11 is 0. The molecule has 6 nitrogen and oxygen atoms in total. The van der Waals surface area contributed by atoms with Gasteiger partial charge in [0, 0.05) is 43.9 Å². The molecule has 0 amide bonds. The standard InChI is InChI=1S/C25H30N4O2S/c1-19-10-12-22(13-11-19)18-24-20(2)26-21(3)27-25(24)28-14-7-15-29(17-16-28)32(30,31)23-8-5-4-6-9-23/h4-6,8-13H,7,14-18H2,1-3H3. The zero-order valence-electron chi connectivity index (χ0n) is 19.0. The third-order valence-electron chi connectivity index (χ3n) is 5.94. The number of hydrogen-bond acceptors (Lipinski definition) is 5. The van der Waals surface area contributed by atoms with Crippen LogP contribution in [0.2, 0.25) is 0 Å². The van der Waals surface area contributed by atoms with Crippen molar-refractivity contribution < 1.29 is 8.42 Å². The maximum absolute atomic E-state index is 13.1. The van der Waals surface area contributed by atoms with Crippen molar-refractivity contribution in [3.05, 3.63) is 82.8 Å². The fourth-order valence-electron chi connectivity index (χ4n) is 4.18. The van der Waals surface area contributed by atoms with Gasteiger partial charge in [-0.25, -0.2) is 18.4 Å². The minimum atomic E-state index is -3.50. The van der Waals surface area contributed by atoms with Crippen LogP contribution >= 0.6 is 0 Å². The molecule has 0 radical (unpaired) electrons. The number of nitrogens with zero attached hydrogens (tertiary/aromatic N) is 4. The maximum Gasteiger partial charge on any atom is 0.243 e. The second-order valence-electron chi connectivity index (χ2n) is 8.38. The van der Waals surface area contributed by atoms with Gasteiger partial charge in [-0.05, 0) is 44.9 Å². The number of rotatable bonds is 5. The predicted molar refractivity (Wildman–Crippen MR) is 128 cm³/mol. The molecule has 0 bridgehead atoms. The van der Waals surface area contributed by atoms with Crippen molar-refractivity contribution >= 4 is 15.8 Å². The van der Waals surface area contributed by atoms with E-state index in [-0.39, 0.29) is 0 Å². The average molecular weight is 451 g/mol. The van der Waals surface area contributed by atoms with Crippen LogP contribution in [0.5, 0.6) is 0 Å². The van der Waals surface area contributed by atoms with E-state index in [4.69, 9.17) is 4.98 Å². The van der Waals surface area contributed by atoms with Crippen LogP contribution in [-0.4, -0.2) is 48.9 Å². The van der Waals surface area contributed by atoms with E-state index in [2.05, 4.69) is 41.1 Å². The molecule has 7 heteroatoms. The van der Waals surface area contributed by atoms with Gasteiger partial charge in [0.15, 0.2) is 0 Å². The largest absolute Gasteiger partial charge is 0.355 e. The molecule has 3 aromatic rings. The van der Waals surface area contributed by atoms with E-state index in [1.807, 2.05) is 19.9 Å². The molecule has 168 valence electrons. The highest BCUT2D eigenvalue weighted by atomic mass is 32.2. The van der Waals surface area contributed by atoms with Crippen LogP contribution in [0.25, 0.3) is 0 Å². The van der Waals surface area contributed by atoms with E-state index in [0.29, 0.717) is 24.5 Å². The van der Waals surface area contributed by atoms with Crippen LogP contribution in [0.15, 0.2) is 59.5 Å². The van der Waals surface area contributed by atoms with Crippen molar-refractivity contribution in [3.63, 3.8) is 0 Å². The van der Waals surface area contributed by atoms with Gasteiger partial charge in [0.05, 0.1) is 4.90 Å². The number of aromatic nitrogens is 2. The Labute approximate surface area is 191 Å². The van der Waals surface area contributed by atoms with Crippen molar-refractivity contribution in [3.8, 4) is 0 Å². The van der Waals surface area contributed by atoms with E-state index in [1.165, 1.54) is 11.1 Å². The van der Waals surface area contributed by atoms with Gasteiger partial charge in [-0.2, -0.15) is 4.31 Å². The summed E-state index contributed by atoms with van der Waals surface area (Å²) in [6, 6.07) is 17.2. The van der Waals surface area contributed by atoms with E-state index < -0.39 is 10.0 Å². The highest BCUT2D eigenvalue weighted by Gasteiger charge is 2.28. The van der Waals surface area contributed by atoms with E-state index >= 15 is 0 Å². The molecule has 0 N–H and O–H groups in total. The number of benzene rings is 2. The van der Waals surface area contributed by atoms with Gasteiger partial charge < -0.3 is 4.90 Å². The first-order chi connectivity index (χ1) is 15.3. The molecule has 1 fully saturated rings. The fourth-order valence-corrected chi connectivity index (χ4v) is 5.67. The Morgan fingerprint density at radius 3 is 2.28 bits per heavy atom. The lowest BCUT2D eigenvalue weighted by Crippen LogP contribution is -2.35. The lowest BCUT2D eigenvalue weighted by molar-refractivity contribution is 0.433. The predicted octanol–water partition coefficient (Wildman–Crippen LogP) is 3.89. The van der Waals surface area contributed by atoms with Crippen LogP contribution in [0.1, 0.15) is 34.6 Å². The van der Waals surface area contributed by atoms with Crippen LogP contribution < -0.4 is 4.90 Å². The molecule has 1 aliphatic heterocycles. The number of aryl methyl sites for hydroxylation is 3. The Kier molecular flexibility index (Phi) is 6.58. The number of anilines is 1. The van der Waals surface area contributed by atoms with Gasteiger partial charge in [-0.3, -0.25) is 0 Å². The summed E-state index contributed by atoms with van der Waals surface area (Å²) in [6.45, 7) is 8.33. The second-order valence-corrected chi connectivity index (χ2v) is 10.3. The van der Waals surface area contributed by atoms with Gasteiger partial charge in [0.1, 0.15) is 11.6 Å². The average Bonchev–Trinajstić information content (AvgIpc) is 3.04. The molecule has 1 saturated heterocycles. The lowest BCUT2D eigenvalue weighted by atomic mass is 10.0. The molecule has 0 saturated carbocycles. The van der Waals surface area contributed by atoms with Gasteiger partial charge in [-0.1, -0.05) is 48.0 Å². The summed E-state index contributed by atoms with van der Waals surface area (Å²) in [7, 11) is -3.50. The maximum atomic E-state index is 13.1. The highest BCUT2D eigenvalue weighted by molar-refractivity contribution is 7.89. The van der Waals surface area contributed by atoms with Crippen molar-refractivity contribution in [2.45, 2.75) is 38.5 Å². The molecule has 4 rings (SSSR count). The zero-order valence-corrected chi connectivity index (χ0v) is 19.8. The third-order valence-corrected chi connectivity index (χ3v) is 7.85. The molecule has 0 atom stereocenters. The minimum Gasteiger partial charge on any atom is -0.355 e. The number of sulfonamides is 1. The third kappa shape index (κ3) is 4.84. The molecule has 0 unspecified atom stereocenters. The first-order valence-corrected chi connectivity index (χ1v) is 12.5. The molecule has 0 aliphatic carbocycles. The Bertz CT molecular complexity index is 1180. The monoisotopic (exact) mass is 450 g/mol. The summed E-state index contributed by atoms with van der Waals surface area (Å²) in [4.78, 5) is 12.0. The van der Waals surface area contributed by atoms with Crippen molar-refractivity contribution in [2.75, 3.05) is 31.1 Å². The molecule has 32 heavy (non-hydrogen) atoms. The second kappa shape index (κ2) is 9.38. The SMILES string of the molecule is Cc1ccc(Cc2c(C)nc(C)nc2N2CCCN(S(=O)(=O)c3ccccc3)CC2)cc1. The highest BCUT2D eigenvalue weighted by Crippen LogP contribution is 2.26. The van der Waals surface area contributed by atoms with Crippen LogP contribution in [0, 0.1) is 20.8 Å². The summed E-state index contributed by atoms with van der Waals surface area (Å²) < 4.78 is 27.8. The normalized spacial score (nSPS) is 15.5. The molecule has 1 aliphatic rings. The molecular formula is C25H30N4O2S. The number of hydrogen-bond donors (Lipinski definition) is 0. The van der Waals surface area contributed by atoms with E-state index in [9.17, 15) is 8.42 Å². The van der Waals surface area contributed by atoms with Gasteiger partial charge in [0.25, 0.3) is 0 Å². The van der Waals surface area contributed by atoms with Crippen molar-refractivity contribution in [1.82, 2.24) is 14.3 Å². The van der Waals surface area contributed by atoms with E-state index in [1.54, 1.807) is 28.6 Å². The van der Waals surface area contributed by atoms with Gasteiger partial charge >= 0.3 is 0 Å². The topological polar surface area (TPSA) is 66.4 Å². The summed E-state index contributed by atoms with van der Waals surface area (Å²) in [6.07, 6.45) is 1.50. The van der Waals surface area contributed by atoms with E-state index in [0.717, 1.165) is 42.3 Å². The smallest absolute Gasteiger partial charge is 0.243 e. The Morgan fingerprint density at radius 1 is 0.844 bits per heavy atom. The first kappa shape index (κ1) is 22.4. The van der Waals surface area contributed by atoms with Crippen molar-refractivity contribution in [2.24, 2.45) is 0 Å². The molecule has 2 heterocycles. The summed E-state index contributed by atoms with van der Waals surface area (Å²) in [5.74, 6) is 1.66. The zero-order chi connectivity index (χ0) is 22.7. The van der Waals surface area contributed by atoms with Gasteiger partial charge in [-0.15, -0.1) is 0 Å². The Morgan fingerprint density at radius 2 is 1.56 bits per heavy atom. The molecular weight excluding hydrogens is 420 g/mol. The van der Waals surface area contributed by atoms with Crippen LogP contribution in [-0.2, 0) is 16.4 Å². The Hall–Kier alpha value is -2.77. The van der Waals surface area contributed by atoms with Gasteiger partial charge in [0.2, 0.25) is 10.0 Å². The van der Waals surface area contributed by atoms with Crippen LogP contribution in [0.4, 0.5) is 5.82 Å². The summed E-state index contributed by atoms with van der Waals surface area (Å²) in [5.41, 5.74) is 4.54. The fraction of sp³-hybridized carbons (Fsp3) is 0.360. The van der Waals surface area contributed by atoms with Crippen LogP contribution in [0.3, 0.4) is 0 Å². The lowest BCUT2D eigenvalue weighted by Gasteiger charge is -2.26. The Balaban J connectivity index is 1.59. The first-order valence-electron chi connectivity index (χ1n) is 11.0. The molecule has 1 aromatic heterocycles. The molecule has 2 aromatic carbocycles. The quantitative estimate of drug-likeness (QED) is 0.590.